The van der Waals surface area contributed by atoms with Gasteiger partial charge in [0.25, 0.3) is 0 Å². The van der Waals surface area contributed by atoms with E-state index in [4.69, 9.17) is 11.6 Å². The van der Waals surface area contributed by atoms with Crippen LogP contribution in [0.15, 0.2) is 5.38 Å². The molecule has 0 saturated heterocycles. The first-order valence-corrected chi connectivity index (χ1v) is 7.26. The number of aliphatic hydroxyl groups is 1. The maximum atomic E-state index is 12.1. The van der Waals surface area contributed by atoms with E-state index in [-0.39, 0.29) is 12.3 Å². The van der Waals surface area contributed by atoms with Gasteiger partial charge in [-0.25, -0.2) is 4.98 Å². The molecule has 0 spiro atoms. The molecule has 1 rings (SSSR count). The highest BCUT2D eigenvalue weighted by molar-refractivity contribution is 7.09. The molecule has 1 aromatic heterocycles. The minimum Gasteiger partial charge on any atom is -0.389 e. The van der Waals surface area contributed by atoms with Gasteiger partial charge in [0.1, 0.15) is 5.01 Å². The Hall–Kier alpha value is -0.650. The number of carbonyl (C=O) groups excluding carboxylic acids is 1. The molecular formula is C12H19ClN2O2S. The van der Waals surface area contributed by atoms with Crippen LogP contribution in [0.1, 0.15) is 31.5 Å². The topological polar surface area (TPSA) is 53.4 Å². The Kier molecular flexibility index (Phi) is 5.56. The summed E-state index contributed by atoms with van der Waals surface area (Å²) in [4.78, 5) is 18.0. The Morgan fingerprint density at radius 3 is 2.72 bits per heavy atom. The van der Waals surface area contributed by atoms with Gasteiger partial charge in [-0.3, -0.25) is 4.79 Å². The zero-order chi connectivity index (χ0) is 13.8. The minimum atomic E-state index is -0.879. The highest BCUT2D eigenvalue weighted by Gasteiger charge is 2.21. The van der Waals surface area contributed by atoms with Crippen molar-refractivity contribution in [2.24, 2.45) is 0 Å². The fraction of sp³-hybridized carbons (Fsp3) is 0.667. The molecule has 0 saturated carbocycles. The van der Waals surface area contributed by atoms with Crippen LogP contribution in [-0.4, -0.2) is 39.6 Å². The lowest BCUT2D eigenvalue weighted by atomic mass is 10.1. The number of carbonyl (C=O) groups is 1. The van der Waals surface area contributed by atoms with E-state index in [9.17, 15) is 9.90 Å². The van der Waals surface area contributed by atoms with E-state index in [1.54, 1.807) is 18.7 Å². The normalized spacial score (nSPS) is 11.6. The molecule has 0 unspecified atom stereocenters. The summed E-state index contributed by atoms with van der Waals surface area (Å²) in [6, 6.07) is 0. The molecule has 102 valence electrons. The van der Waals surface area contributed by atoms with Gasteiger partial charge >= 0.3 is 0 Å². The van der Waals surface area contributed by atoms with E-state index in [0.717, 1.165) is 10.7 Å². The molecule has 4 nitrogen and oxygen atoms in total. The SMILES string of the molecule is CCN(CC(C)(C)O)C(=O)Cc1nc(CCl)cs1. The van der Waals surface area contributed by atoms with Crippen LogP contribution in [-0.2, 0) is 17.1 Å². The van der Waals surface area contributed by atoms with Crippen LogP contribution in [0.3, 0.4) is 0 Å². The molecule has 0 atom stereocenters. The number of rotatable bonds is 6. The van der Waals surface area contributed by atoms with Gasteiger partial charge < -0.3 is 10.0 Å². The molecular weight excluding hydrogens is 272 g/mol. The summed E-state index contributed by atoms with van der Waals surface area (Å²) in [6.45, 7) is 6.19. The molecule has 0 aromatic carbocycles. The predicted molar refractivity (Wildman–Crippen MR) is 73.9 cm³/mol. The van der Waals surface area contributed by atoms with Gasteiger partial charge in [0.2, 0.25) is 5.91 Å². The standard InChI is InChI=1S/C12H19ClN2O2S/c1-4-15(8-12(2,3)17)11(16)5-10-14-9(6-13)7-18-10/h7,17H,4-6,8H2,1-3H3. The summed E-state index contributed by atoms with van der Waals surface area (Å²) in [7, 11) is 0. The summed E-state index contributed by atoms with van der Waals surface area (Å²) < 4.78 is 0. The van der Waals surface area contributed by atoms with E-state index < -0.39 is 5.60 Å². The molecule has 0 radical (unpaired) electrons. The molecule has 18 heavy (non-hydrogen) atoms. The first-order valence-electron chi connectivity index (χ1n) is 5.85. The van der Waals surface area contributed by atoms with Crippen molar-refractivity contribution in [2.45, 2.75) is 38.7 Å². The lowest BCUT2D eigenvalue weighted by molar-refractivity contribution is -0.133. The quantitative estimate of drug-likeness (QED) is 0.816. The molecule has 0 aliphatic rings. The van der Waals surface area contributed by atoms with Gasteiger partial charge in [0.15, 0.2) is 0 Å². The Morgan fingerprint density at radius 1 is 1.61 bits per heavy atom. The average molecular weight is 291 g/mol. The maximum Gasteiger partial charge on any atom is 0.229 e. The van der Waals surface area contributed by atoms with Crippen molar-refractivity contribution in [3.8, 4) is 0 Å². The molecule has 1 heterocycles. The largest absolute Gasteiger partial charge is 0.389 e. The maximum absolute atomic E-state index is 12.1. The van der Waals surface area contributed by atoms with Gasteiger partial charge in [-0.2, -0.15) is 0 Å². The van der Waals surface area contributed by atoms with Gasteiger partial charge in [-0.1, -0.05) is 0 Å². The molecule has 6 heteroatoms. The number of amides is 1. The van der Waals surface area contributed by atoms with Crippen LogP contribution >= 0.6 is 22.9 Å². The van der Waals surface area contributed by atoms with Crippen molar-refractivity contribution in [3.63, 3.8) is 0 Å². The van der Waals surface area contributed by atoms with E-state index in [1.165, 1.54) is 11.3 Å². The first kappa shape index (κ1) is 15.4. The van der Waals surface area contributed by atoms with Crippen LogP contribution in [0.4, 0.5) is 0 Å². The summed E-state index contributed by atoms with van der Waals surface area (Å²) in [5.74, 6) is 0.348. The number of hydrogen-bond acceptors (Lipinski definition) is 4. The lowest BCUT2D eigenvalue weighted by Crippen LogP contribution is -2.42. The molecule has 0 aliphatic heterocycles. The number of thiazole rings is 1. The van der Waals surface area contributed by atoms with Gasteiger partial charge in [-0.05, 0) is 20.8 Å². The molecule has 1 aromatic rings. The zero-order valence-electron chi connectivity index (χ0n) is 10.9. The number of halogens is 1. The number of alkyl halides is 1. The number of aromatic nitrogens is 1. The number of likely N-dealkylation sites (N-methyl/N-ethyl adjacent to an activating group) is 1. The van der Waals surface area contributed by atoms with E-state index in [1.807, 2.05) is 12.3 Å². The van der Waals surface area contributed by atoms with Gasteiger partial charge in [0.05, 0.1) is 23.6 Å². The van der Waals surface area contributed by atoms with Crippen LogP contribution in [0.2, 0.25) is 0 Å². The van der Waals surface area contributed by atoms with E-state index in [0.29, 0.717) is 19.0 Å². The third kappa shape index (κ3) is 4.92. The molecule has 1 N–H and O–H groups in total. The van der Waals surface area contributed by atoms with Crippen molar-refractivity contribution >= 4 is 28.8 Å². The van der Waals surface area contributed by atoms with Crippen molar-refractivity contribution in [1.29, 1.82) is 0 Å². The zero-order valence-corrected chi connectivity index (χ0v) is 12.5. The van der Waals surface area contributed by atoms with Crippen LogP contribution < -0.4 is 0 Å². The second-order valence-corrected chi connectivity index (χ2v) is 5.97. The van der Waals surface area contributed by atoms with Crippen LogP contribution in [0, 0.1) is 0 Å². The monoisotopic (exact) mass is 290 g/mol. The third-order valence-electron chi connectivity index (χ3n) is 2.35. The van der Waals surface area contributed by atoms with E-state index in [2.05, 4.69) is 4.98 Å². The fourth-order valence-electron chi connectivity index (χ4n) is 1.58. The average Bonchev–Trinajstić information content (AvgIpc) is 2.72. The number of hydrogen-bond donors (Lipinski definition) is 1. The molecule has 0 aliphatic carbocycles. The molecule has 0 fully saturated rings. The fourth-order valence-corrected chi connectivity index (χ4v) is 2.59. The van der Waals surface area contributed by atoms with Crippen molar-refractivity contribution in [1.82, 2.24) is 9.88 Å². The van der Waals surface area contributed by atoms with Gasteiger partial charge in [0, 0.05) is 18.5 Å². The van der Waals surface area contributed by atoms with Crippen molar-refractivity contribution < 1.29 is 9.90 Å². The third-order valence-corrected chi connectivity index (χ3v) is 3.52. The Bertz CT molecular complexity index is 401. The Balaban J connectivity index is 2.62. The van der Waals surface area contributed by atoms with Crippen LogP contribution in [0.5, 0.6) is 0 Å². The summed E-state index contributed by atoms with van der Waals surface area (Å²) >= 11 is 7.11. The summed E-state index contributed by atoms with van der Waals surface area (Å²) in [5, 5.41) is 12.4. The smallest absolute Gasteiger partial charge is 0.229 e. The van der Waals surface area contributed by atoms with Crippen molar-refractivity contribution in [2.75, 3.05) is 13.1 Å². The van der Waals surface area contributed by atoms with E-state index >= 15 is 0 Å². The summed E-state index contributed by atoms with van der Waals surface area (Å²) in [5.41, 5.74) is -0.0782. The van der Waals surface area contributed by atoms with Crippen molar-refractivity contribution in [3.05, 3.63) is 16.1 Å². The highest BCUT2D eigenvalue weighted by Crippen LogP contribution is 2.14. The second kappa shape index (κ2) is 6.50. The van der Waals surface area contributed by atoms with Crippen LogP contribution in [0.25, 0.3) is 0 Å². The predicted octanol–water partition coefficient (Wildman–Crippen LogP) is 2.04. The Labute approximate surface area is 117 Å². The van der Waals surface area contributed by atoms with Gasteiger partial charge in [-0.15, -0.1) is 22.9 Å². The molecule has 1 amide bonds. The number of nitrogens with zero attached hydrogens (tertiary/aromatic N) is 2. The lowest BCUT2D eigenvalue weighted by Gasteiger charge is -2.27. The first-order chi connectivity index (χ1) is 8.35. The highest BCUT2D eigenvalue weighted by atomic mass is 35.5. The molecule has 0 bridgehead atoms. The second-order valence-electron chi connectivity index (χ2n) is 4.76. The summed E-state index contributed by atoms with van der Waals surface area (Å²) in [6.07, 6.45) is 0.269. The minimum absolute atomic E-state index is 0.0184. The Morgan fingerprint density at radius 2 is 2.28 bits per heavy atom.